The fourth-order valence-electron chi connectivity index (χ4n) is 3.95. The molecule has 13 nitrogen and oxygen atoms in total. The van der Waals surface area contributed by atoms with Gasteiger partial charge in [0.25, 0.3) is 0 Å². The van der Waals surface area contributed by atoms with Crippen LogP contribution in [0.4, 0.5) is 0 Å². The van der Waals surface area contributed by atoms with Crippen LogP contribution < -0.4 is 38.5 Å². The van der Waals surface area contributed by atoms with E-state index in [9.17, 15) is 24.3 Å². The molecule has 1 aliphatic rings. The van der Waals surface area contributed by atoms with Gasteiger partial charge in [0.15, 0.2) is 5.96 Å². The fraction of sp³-hybridized carbons (Fsp3) is 0.783. The van der Waals surface area contributed by atoms with Crippen molar-refractivity contribution < 1.29 is 24.3 Å². The Bertz CT molecular complexity index is 751. The molecule has 1 rings (SSSR count). The van der Waals surface area contributed by atoms with Gasteiger partial charge >= 0.3 is 5.97 Å². The minimum absolute atomic E-state index is 0.0469. The van der Waals surface area contributed by atoms with Gasteiger partial charge in [-0.05, 0) is 70.4 Å². The maximum absolute atomic E-state index is 13.2. The van der Waals surface area contributed by atoms with Gasteiger partial charge in [-0.1, -0.05) is 13.8 Å². The molecule has 0 aromatic carbocycles. The lowest BCUT2D eigenvalue weighted by Gasteiger charge is -2.25. The molecule has 13 heteroatoms. The minimum atomic E-state index is -1.14. The molecule has 36 heavy (non-hydrogen) atoms. The van der Waals surface area contributed by atoms with E-state index in [-0.39, 0.29) is 49.6 Å². The third-order valence-corrected chi connectivity index (χ3v) is 5.86. The summed E-state index contributed by atoms with van der Waals surface area (Å²) in [5, 5.41) is 20.6. The van der Waals surface area contributed by atoms with E-state index in [1.165, 1.54) is 0 Å². The molecule has 1 fully saturated rings. The van der Waals surface area contributed by atoms with Gasteiger partial charge < -0.3 is 43.6 Å². The Morgan fingerprint density at radius 3 is 2.11 bits per heavy atom. The SMILES string of the molecule is CC(C)CC(NC(=O)C(CCCCN)NC(=O)C(CCCN=C(N)N)NC(=O)C1CCCN1)C(=O)O. The van der Waals surface area contributed by atoms with Crippen molar-refractivity contribution in [3.05, 3.63) is 0 Å². The van der Waals surface area contributed by atoms with Gasteiger partial charge in [-0.25, -0.2) is 4.79 Å². The number of nitrogens with one attached hydrogen (secondary N) is 4. The van der Waals surface area contributed by atoms with Crippen LogP contribution in [0.25, 0.3) is 0 Å². The molecule has 0 aromatic rings. The lowest BCUT2D eigenvalue weighted by atomic mass is 10.0. The summed E-state index contributed by atoms with van der Waals surface area (Å²) in [6, 6.07) is -3.34. The van der Waals surface area contributed by atoms with Crippen molar-refractivity contribution >= 4 is 29.7 Å². The number of rotatable bonds is 17. The molecule has 1 aliphatic heterocycles. The molecule has 4 unspecified atom stereocenters. The molecule has 0 radical (unpaired) electrons. The average molecular weight is 513 g/mol. The molecular weight excluding hydrogens is 468 g/mol. The van der Waals surface area contributed by atoms with Crippen molar-refractivity contribution in [2.45, 2.75) is 89.4 Å². The van der Waals surface area contributed by atoms with E-state index in [4.69, 9.17) is 17.2 Å². The maximum Gasteiger partial charge on any atom is 0.326 e. The van der Waals surface area contributed by atoms with Crippen molar-refractivity contribution in [2.24, 2.45) is 28.1 Å². The van der Waals surface area contributed by atoms with Crippen LogP contribution in [0.1, 0.15) is 65.2 Å². The van der Waals surface area contributed by atoms with Gasteiger partial charge in [-0.15, -0.1) is 0 Å². The first-order valence-corrected chi connectivity index (χ1v) is 12.7. The second-order valence-electron chi connectivity index (χ2n) is 9.53. The van der Waals surface area contributed by atoms with E-state index >= 15 is 0 Å². The standard InChI is InChI=1S/C23H44N8O5/c1-14(2)13-18(22(35)36)31-21(34)16(7-3-4-10-24)30-20(33)17(9-6-12-28-23(25)26)29-19(32)15-8-5-11-27-15/h14-18,27H,3-13,24H2,1-2H3,(H,29,32)(H,30,33)(H,31,34)(H,35,36)(H4,25,26,28). The Morgan fingerprint density at radius 2 is 1.58 bits per heavy atom. The van der Waals surface area contributed by atoms with Crippen LogP contribution in [0.2, 0.25) is 0 Å². The summed E-state index contributed by atoms with van der Waals surface area (Å²) < 4.78 is 0. The highest BCUT2D eigenvalue weighted by Gasteiger charge is 2.31. The van der Waals surface area contributed by atoms with Gasteiger partial charge in [0.2, 0.25) is 17.7 Å². The van der Waals surface area contributed by atoms with E-state index in [0.717, 1.165) is 13.0 Å². The van der Waals surface area contributed by atoms with Crippen molar-refractivity contribution in [2.75, 3.05) is 19.6 Å². The molecule has 206 valence electrons. The van der Waals surface area contributed by atoms with Crippen LogP contribution in [0, 0.1) is 5.92 Å². The summed E-state index contributed by atoms with van der Waals surface area (Å²) in [4.78, 5) is 54.4. The number of aliphatic carboxylic acids is 1. The predicted octanol–water partition coefficient (Wildman–Crippen LogP) is -1.49. The molecule has 0 aromatic heterocycles. The lowest BCUT2D eigenvalue weighted by molar-refractivity contribution is -0.142. The van der Waals surface area contributed by atoms with Gasteiger partial charge in [-0.3, -0.25) is 19.4 Å². The van der Waals surface area contributed by atoms with E-state index in [1.54, 1.807) is 0 Å². The first-order valence-electron chi connectivity index (χ1n) is 12.7. The second-order valence-corrected chi connectivity index (χ2v) is 9.53. The number of guanidine groups is 1. The molecule has 0 bridgehead atoms. The third kappa shape index (κ3) is 12.2. The third-order valence-electron chi connectivity index (χ3n) is 5.86. The Kier molecular flexibility index (Phi) is 14.4. The van der Waals surface area contributed by atoms with Crippen molar-refractivity contribution in [1.82, 2.24) is 21.3 Å². The number of hydrogen-bond donors (Lipinski definition) is 8. The van der Waals surface area contributed by atoms with Crippen LogP contribution in [0.5, 0.6) is 0 Å². The minimum Gasteiger partial charge on any atom is -0.480 e. The molecule has 3 amide bonds. The number of hydrogen-bond acceptors (Lipinski definition) is 7. The smallest absolute Gasteiger partial charge is 0.326 e. The van der Waals surface area contributed by atoms with Crippen LogP contribution in [0.3, 0.4) is 0 Å². The lowest BCUT2D eigenvalue weighted by Crippen LogP contribution is -2.57. The van der Waals surface area contributed by atoms with Crippen molar-refractivity contribution in [3.63, 3.8) is 0 Å². The highest BCUT2D eigenvalue weighted by Crippen LogP contribution is 2.10. The Balaban J connectivity index is 2.95. The molecule has 11 N–H and O–H groups in total. The zero-order valence-electron chi connectivity index (χ0n) is 21.4. The molecular formula is C23H44N8O5. The molecule has 0 aliphatic carbocycles. The molecule has 1 heterocycles. The number of carbonyl (C=O) groups is 4. The number of amides is 3. The van der Waals surface area contributed by atoms with Crippen molar-refractivity contribution in [3.8, 4) is 0 Å². The number of aliphatic imine (C=N–C) groups is 1. The number of carboxylic acids is 1. The quantitative estimate of drug-likeness (QED) is 0.0643. The zero-order chi connectivity index (χ0) is 27.1. The van der Waals surface area contributed by atoms with Crippen LogP contribution in [0.15, 0.2) is 4.99 Å². The molecule has 0 spiro atoms. The highest BCUT2D eigenvalue weighted by molar-refractivity contribution is 5.94. The largest absolute Gasteiger partial charge is 0.480 e. The van der Waals surface area contributed by atoms with Gasteiger partial charge in [0.1, 0.15) is 18.1 Å². The van der Waals surface area contributed by atoms with E-state index in [1.807, 2.05) is 13.8 Å². The summed E-state index contributed by atoms with van der Waals surface area (Å²) in [6.45, 7) is 5.14. The fourth-order valence-corrected chi connectivity index (χ4v) is 3.95. The first kappa shape index (κ1) is 31.1. The summed E-state index contributed by atoms with van der Waals surface area (Å²) in [7, 11) is 0. The molecule has 4 atom stereocenters. The summed E-state index contributed by atoms with van der Waals surface area (Å²) in [6.07, 6.45) is 3.94. The number of nitrogens with zero attached hydrogens (tertiary/aromatic N) is 1. The second kappa shape index (κ2) is 16.7. The van der Waals surface area contributed by atoms with Gasteiger partial charge in [-0.2, -0.15) is 0 Å². The monoisotopic (exact) mass is 512 g/mol. The first-order chi connectivity index (χ1) is 17.0. The van der Waals surface area contributed by atoms with Crippen molar-refractivity contribution in [1.29, 1.82) is 0 Å². The topological polar surface area (TPSA) is 227 Å². The summed E-state index contributed by atoms with van der Waals surface area (Å²) in [5.41, 5.74) is 16.3. The Morgan fingerprint density at radius 1 is 0.972 bits per heavy atom. The van der Waals surface area contributed by atoms with Gasteiger partial charge in [0, 0.05) is 6.54 Å². The summed E-state index contributed by atoms with van der Waals surface area (Å²) in [5.74, 6) is -2.57. The van der Waals surface area contributed by atoms with E-state index < -0.39 is 35.9 Å². The van der Waals surface area contributed by atoms with Crippen LogP contribution >= 0.6 is 0 Å². The van der Waals surface area contributed by atoms with Crippen LogP contribution in [-0.4, -0.2) is 78.6 Å². The van der Waals surface area contributed by atoms with Crippen LogP contribution in [-0.2, 0) is 19.2 Å². The Labute approximate surface area is 212 Å². The number of carboxylic acid groups (broad SMARTS) is 1. The number of unbranched alkanes of at least 4 members (excludes halogenated alkanes) is 1. The maximum atomic E-state index is 13.2. The zero-order valence-corrected chi connectivity index (χ0v) is 21.4. The molecule has 0 saturated carbocycles. The number of carbonyl (C=O) groups excluding carboxylic acids is 3. The summed E-state index contributed by atoms with van der Waals surface area (Å²) >= 11 is 0. The Hall–Kier alpha value is -2.93. The molecule has 1 saturated heterocycles. The predicted molar refractivity (Wildman–Crippen MR) is 137 cm³/mol. The average Bonchev–Trinajstić information content (AvgIpc) is 3.34. The van der Waals surface area contributed by atoms with Gasteiger partial charge in [0.05, 0.1) is 6.04 Å². The van der Waals surface area contributed by atoms with E-state index in [2.05, 4.69) is 26.3 Å². The normalized spacial score (nSPS) is 17.6. The highest BCUT2D eigenvalue weighted by atomic mass is 16.4. The number of nitrogens with two attached hydrogens (primary N) is 3. The van der Waals surface area contributed by atoms with E-state index in [0.29, 0.717) is 32.2 Å².